The van der Waals surface area contributed by atoms with Crippen LogP contribution in [0.15, 0.2) is 30.3 Å². The Balaban J connectivity index is 2.06. The third-order valence-electron chi connectivity index (χ3n) is 2.99. The van der Waals surface area contributed by atoms with Crippen LogP contribution in [0.5, 0.6) is 0 Å². The fourth-order valence-corrected chi connectivity index (χ4v) is 1.91. The first-order valence-corrected chi connectivity index (χ1v) is 6.05. The van der Waals surface area contributed by atoms with Crippen LogP contribution in [-0.2, 0) is 5.41 Å². The van der Waals surface area contributed by atoms with Crippen molar-refractivity contribution in [2.45, 2.75) is 26.2 Å². The third-order valence-corrected chi connectivity index (χ3v) is 2.99. The van der Waals surface area contributed by atoms with Crippen molar-refractivity contribution in [1.29, 1.82) is 0 Å². The SMILES string of the molecule is CC(C)(C)c1cc(-c2nc3ccccc3[nH]2)[nH]n1. The molecule has 0 radical (unpaired) electrons. The van der Waals surface area contributed by atoms with Gasteiger partial charge in [-0.05, 0) is 18.2 Å². The van der Waals surface area contributed by atoms with Crippen LogP contribution in [-0.4, -0.2) is 20.2 Å². The van der Waals surface area contributed by atoms with Gasteiger partial charge in [-0.3, -0.25) is 5.10 Å². The summed E-state index contributed by atoms with van der Waals surface area (Å²) in [5.41, 5.74) is 4.02. The lowest BCUT2D eigenvalue weighted by molar-refractivity contribution is 0.567. The first-order valence-electron chi connectivity index (χ1n) is 6.05. The number of nitrogens with zero attached hydrogens (tertiary/aromatic N) is 2. The maximum atomic E-state index is 4.55. The van der Waals surface area contributed by atoms with Gasteiger partial charge in [0.1, 0.15) is 5.69 Å². The van der Waals surface area contributed by atoms with E-state index in [1.165, 1.54) is 0 Å². The number of imidazole rings is 1. The van der Waals surface area contributed by atoms with Gasteiger partial charge in [-0.25, -0.2) is 4.98 Å². The number of nitrogens with one attached hydrogen (secondary N) is 2. The van der Waals surface area contributed by atoms with Crippen molar-refractivity contribution in [3.8, 4) is 11.5 Å². The molecule has 0 unspecified atom stereocenters. The molecule has 0 aliphatic heterocycles. The second-order valence-electron chi connectivity index (χ2n) is 5.52. The number of hydrogen-bond donors (Lipinski definition) is 2. The lowest BCUT2D eigenvalue weighted by Gasteiger charge is -2.13. The van der Waals surface area contributed by atoms with Crippen LogP contribution in [0.1, 0.15) is 26.5 Å². The van der Waals surface area contributed by atoms with Gasteiger partial charge in [0.05, 0.1) is 16.7 Å². The highest BCUT2D eigenvalue weighted by atomic mass is 15.1. The van der Waals surface area contributed by atoms with Crippen LogP contribution in [0.3, 0.4) is 0 Å². The molecule has 92 valence electrons. The third kappa shape index (κ3) is 1.79. The highest BCUT2D eigenvalue weighted by Crippen LogP contribution is 2.25. The zero-order valence-electron chi connectivity index (χ0n) is 10.8. The van der Waals surface area contributed by atoms with Gasteiger partial charge in [-0.1, -0.05) is 32.9 Å². The molecule has 0 saturated carbocycles. The van der Waals surface area contributed by atoms with E-state index in [1.807, 2.05) is 24.3 Å². The standard InChI is InChI=1S/C14H16N4/c1-14(2,3)12-8-11(17-18-12)13-15-9-6-4-5-7-10(9)16-13/h4-8H,1-3H3,(H,15,16)(H,17,18). The van der Waals surface area contributed by atoms with Crippen LogP contribution >= 0.6 is 0 Å². The monoisotopic (exact) mass is 240 g/mol. The number of aromatic amines is 2. The molecule has 0 aliphatic carbocycles. The minimum Gasteiger partial charge on any atom is -0.337 e. The molecular weight excluding hydrogens is 224 g/mol. The number of hydrogen-bond acceptors (Lipinski definition) is 2. The molecule has 0 spiro atoms. The van der Waals surface area contributed by atoms with Crippen molar-refractivity contribution >= 4 is 11.0 Å². The summed E-state index contributed by atoms with van der Waals surface area (Å²) in [6.07, 6.45) is 0. The number of aromatic nitrogens is 4. The minimum absolute atomic E-state index is 0.0424. The molecule has 3 rings (SSSR count). The van der Waals surface area contributed by atoms with Gasteiger partial charge >= 0.3 is 0 Å². The van der Waals surface area contributed by atoms with Crippen molar-refractivity contribution in [3.63, 3.8) is 0 Å². The van der Waals surface area contributed by atoms with Crippen molar-refractivity contribution in [1.82, 2.24) is 20.2 Å². The van der Waals surface area contributed by atoms with Gasteiger partial charge in [0.25, 0.3) is 0 Å². The Bertz CT molecular complexity index is 652. The number of para-hydroxylation sites is 2. The molecule has 0 saturated heterocycles. The molecule has 0 aliphatic rings. The molecule has 18 heavy (non-hydrogen) atoms. The summed E-state index contributed by atoms with van der Waals surface area (Å²) in [4.78, 5) is 7.85. The summed E-state index contributed by atoms with van der Waals surface area (Å²) in [7, 11) is 0. The average molecular weight is 240 g/mol. The Labute approximate surface area is 105 Å². The van der Waals surface area contributed by atoms with Crippen LogP contribution in [0, 0.1) is 0 Å². The number of H-pyrrole nitrogens is 2. The molecule has 0 atom stereocenters. The number of rotatable bonds is 1. The van der Waals surface area contributed by atoms with E-state index in [1.54, 1.807) is 0 Å². The smallest absolute Gasteiger partial charge is 0.156 e. The van der Waals surface area contributed by atoms with E-state index in [0.717, 1.165) is 28.2 Å². The van der Waals surface area contributed by atoms with E-state index in [4.69, 9.17) is 0 Å². The summed E-state index contributed by atoms with van der Waals surface area (Å²) in [6.45, 7) is 6.43. The Morgan fingerprint density at radius 3 is 2.56 bits per heavy atom. The lowest BCUT2D eigenvalue weighted by Crippen LogP contribution is -2.11. The normalized spacial score (nSPS) is 12.2. The molecule has 4 heteroatoms. The second kappa shape index (κ2) is 3.70. The number of fused-ring (bicyclic) bond motifs is 1. The van der Waals surface area contributed by atoms with Crippen LogP contribution in [0.4, 0.5) is 0 Å². The van der Waals surface area contributed by atoms with Crippen LogP contribution in [0.2, 0.25) is 0 Å². The molecule has 1 aromatic carbocycles. The zero-order valence-corrected chi connectivity index (χ0v) is 10.8. The first kappa shape index (κ1) is 11.0. The molecular formula is C14H16N4. The molecule has 2 N–H and O–H groups in total. The Kier molecular flexibility index (Phi) is 2.26. The highest BCUT2D eigenvalue weighted by Gasteiger charge is 2.18. The van der Waals surface area contributed by atoms with Gasteiger partial charge in [0.2, 0.25) is 0 Å². The van der Waals surface area contributed by atoms with Crippen molar-refractivity contribution in [2.24, 2.45) is 0 Å². The van der Waals surface area contributed by atoms with E-state index < -0.39 is 0 Å². The highest BCUT2D eigenvalue weighted by molar-refractivity contribution is 5.78. The number of benzene rings is 1. The molecule has 4 nitrogen and oxygen atoms in total. The quantitative estimate of drug-likeness (QED) is 0.686. The molecule has 0 fully saturated rings. The van der Waals surface area contributed by atoms with Gasteiger partial charge < -0.3 is 4.98 Å². The van der Waals surface area contributed by atoms with Crippen LogP contribution < -0.4 is 0 Å². The predicted molar refractivity (Wildman–Crippen MR) is 72.4 cm³/mol. The maximum absolute atomic E-state index is 4.55. The molecule has 0 bridgehead atoms. The second-order valence-corrected chi connectivity index (χ2v) is 5.52. The van der Waals surface area contributed by atoms with Gasteiger partial charge in [0, 0.05) is 5.41 Å². The Morgan fingerprint density at radius 2 is 1.89 bits per heavy atom. The zero-order chi connectivity index (χ0) is 12.8. The van der Waals surface area contributed by atoms with Crippen molar-refractivity contribution in [2.75, 3.05) is 0 Å². The summed E-state index contributed by atoms with van der Waals surface area (Å²) in [5.74, 6) is 0.833. The topological polar surface area (TPSA) is 57.4 Å². The van der Waals surface area contributed by atoms with Gasteiger partial charge in [0.15, 0.2) is 5.82 Å². The molecule has 2 heterocycles. The van der Waals surface area contributed by atoms with Crippen molar-refractivity contribution in [3.05, 3.63) is 36.0 Å². The van der Waals surface area contributed by atoms with E-state index in [9.17, 15) is 0 Å². The molecule has 0 amide bonds. The Hall–Kier alpha value is -2.10. The first-order chi connectivity index (χ1) is 8.54. The maximum Gasteiger partial charge on any atom is 0.156 e. The summed E-state index contributed by atoms with van der Waals surface area (Å²) < 4.78 is 0. The van der Waals surface area contributed by atoms with E-state index in [0.29, 0.717) is 0 Å². The summed E-state index contributed by atoms with van der Waals surface area (Å²) in [5, 5.41) is 7.39. The van der Waals surface area contributed by atoms with Crippen LogP contribution in [0.25, 0.3) is 22.6 Å². The molecule has 2 aromatic heterocycles. The Morgan fingerprint density at radius 1 is 1.11 bits per heavy atom. The minimum atomic E-state index is 0.0424. The van der Waals surface area contributed by atoms with Crippen molar-refractivity contribution < 1.29 is 0 Å². The molecule has 3 aromatic rings. The fourth-order valence-electron chi connectivity index (χ4n) is 1.91. The van der Waals surface area contributed by atoms with Gasteiger partial charge in [-0.15, -0.1) is 0 Å². The lowest BCUT2D eigenvalue weighted by atomic mass is 9.92. The van der Waals surface area contributed by atoms with E-state index in [-0.39, 0.29) is 5.41 Å². The average Bonchev–Trinajstić information content (AvgIpc) is 2.94. The summed E-state index contributed by atoms with van der Waals surface area (Å²) >= 11 is 0. The van der Waals surface area contributed by atoms with Gasteiger partial charge in [-0.2, -0.15) is 5.10 Å². The largest absolute Gasteiger partial charge is 0.337 e. The van der Waals surface area contributed by atoms with E-state index in [2.05, 4.69) is 47.0 Å². The summed E-state index contributed by atoms with van der Waals surface area (Å²) in [6, 6.07) is 10.1. The fraction of sp³-hybridized carbons (Fsp3) is 0.286. The predicted octanol–water partition coefficient (Wildman–Crippen LogP) is 3.25. The van der Waals surface area contributed by atoms with E-state index >= 15 is 0 Å².